The van der Waals surface area contributed by atoms with Crippen LogP contribution in [0.15, 0.2) is 42.5 Å². The van der Waals surface area contributed by atoms with E-state index in [9.17, 15) is 8.78 Å². The van der Waals surface area contributed by atoms with Crippen molar-refractivity contribution in [1.82, 2.24) is 0 Å². The van der Waals surface area contributed by atoms with Crippen molar-refractivity contribution in [1.29, 1.82) is 0 Å². The van der Waals surface area contributed by atoms with Crippen LogP contribution in [0.3, 0.4) is 0 Å². The molecule has 0 aliphatic rings. The largest absolute Gasteiger partial charge is 0.495 e. The fraction of sp³-hybridized carbons (Fsp3) is 0.143. The highest BCUT2D eigenvalue weighted by Crippen LogP contribution is 2.27. The van der Waals surface area contributed by atoms with E-state index in [0.717, 1.165) is 11.4 Å². The van der Waals surface area contributed by atoms with Gasteiger partial charge in [0.25, 0.3) is 0 Å². The summed E-state index contributed by atoms with van der Waals surface area (Å²) in [5, 5.41) is 3.11. The summed E-state index contributed by atoms with van der Waals surface area (Å²) in [5.74, 6) is 0.674. The van der Waals surface area contributed by atoms with Gasteiger partial charge in [0.05, 0.1) is 12.8 Å². The van der Waals surface area contributed by atoms with Gasteiger partial charge in [-0.1, -0.05) is 0 Å². The molecule has 2 rings (SSSR count). The minimum atomic E-state index is -2.82. The number of hydrogen-bond acceptors (Lipinski definition) is 4. The van der Waals surface area contributed by atoms with Gasteiger partial charge in [0.1, 0.15) is 11.5 Å². The number of hydrogen-bond donors (Lipinski definition) is 2. The van der Waals surface area contributed by atoms with E-state index < -0.39 is 6.61 Å². The van der Waals surface area contributed by atoms with Crippen molar-refractivity contribution >= 4 is 17.1 Å². The average Bonchev–Trinajstić information content (AvgIpc) is 2.42. The maximum Gasteiger partial charge on any atom is 0.387 e. The van der Waals surface area contributed by atoms with Crippen LogP contribution >= 0.6 is 0 Å². The van der Waals surface area contributed by atoms with Crippen LogP contribution in [0.4, 0.5) is 25.8 Å². The van der Waals surface area contributed by atoms with Crippen LogP contribution in [0.1, 0.15) is 0 Å². The maximum absolute atomic E-state index is 12.0. The molecule has 0 saturated heterocycles. The van der Waals surface area contributed by atoms with Crippen LogP contribution in [0, 0.1) is 0 Å². The normalized spacial score (nSPS) is 10.4. The van der Waals surface area contributed by atoms with Crippen LogP contribution in [-0.4, -0.2) is 13.7 Å². The zero-order valence-corrected chi connectivity index (χ0v) is 10.8. The summed E-state index contributed by atoms with van der Waals surface area (Å²) < 4.78 is 33.4. The molecule has 0 heterocycles. The number of anilines is 3. The van der Waals surface area contributed by atoms with E-state index in [4.69, 9.17) is 10.5 Å². The lowest BCUT2D eigenvalue weighted by Crippen LogP contribution is -2.01. The zero-order chi connectivity index (χ0) is 14.5. The fourth-order valence-corrected chi connectivity index (χ4v) is 1.68. The predicted octanol–water partition coefficient (Wildman–Crippen LogP) is 3.62. The molecule has 2 aromatic carbocycles. The Balaban J connectivity index is 2.10. The average molecular weight is 280 g/mol. The Morgan fingerprint density at radius 2 is 1.70 bits per heavy atom. The van der Waals surface area contributed by atoms with Gasteiger partial charge in [-0.25, -0.2) is 0 Å². The first-order valence-electron chi connectivity index (χ1n) is 5.84. The van der Waals surface area contributed by atoms with Gasteiger partial charge in [-0.15, -0.1) is 0 Å². The number of nitrogens with two attached hydrogens (primary N) is 1. The minimum Gasteiger partial charge on any atom is -0.495 e. The molecule has 106 valence electrons. The molecule has 0 unspecified atom stereocenters. The second-order valence-corrected chi connectivity index (χ2v) is 3.98. The third-order valence-electron chi connectivity index (χ3n) is 2.60. The number of alkyl halides is 2. The van der Waals surface area contributed by atoms with Gasteiger partial charge in [-0.3, -0.25) is 0 Å². The summed E-state index contributed by atoms with van der Waals surface area (Å²) in [7, 11) is 1.53. The number of halogens is 2. The van der Waals surface area contributed by atoms with Crippen molar-refractivity contribution in [3.8, 4) is 11.5 Å². The first-order chi connectivity index (χ1) is 9.58. The molecule has 6 heteroatoms. The summed E-state index contributed by atoms with van der Waals surface area (Å²) >= 11 is 0. The van der Waals surface area contributed by atoms with E-state index in [1.165, 1.54) is 19.2 Å². The first-order valence-corrected chi connectivity index (χ1v) is 5.84. The van der Waals surface area contributed by atoms with Gasteiger partial charge >= 0.3 is 6.61 Å². The molecule has 0 spiro atoms. The van der Waals surface area contributed by atoms with Crippen LogP contribution in [0.2, 0.25) is 0 Å². The molecule has 0 fully saturated rings. The van der Waals surface area contributed by atoms with Crippen molar-refractivity contribution in [3.63, 3.8) is 0 Å². The van der Waals surface area contributed by atoms with Crippen molar-refractivity contribution < 1.29 is 18.3 Å². The lowest BCUT2D eigenvalue weighted by Gasteiger charge is -2.10. The van der Waals surface area contributed by atoms with E-state index >= 15 is 0 Å². The zero-order valence-electron chi connectivity index (χ0n) is 10.8. The second-order valence-electron chi connectivity index (χ2n) is 3.98. The fourth-order valence-electron chi connectivity index (χ4n) is 1.68. The number of methoxy groups -OCH3 is 1. The standard InChI is InChI=1S/C14H14F2N2O2/c1-19-13-8-10(4-7-12(13)17)18-9-2-5-11(6-3-9)20-14(15)16/h2-8,14,18H,17H2,1H3. The number of benzene rings is 2. The van der Waals surface area contributed by atoms with Gasteiger partial charge in [-0.05, 0) is 36.4 Å². The van der Waals surface area contributed by atoms with E-state index in [0.29, 0.717) is 11.4 Å². The lowest BCUT2D eigenvalue weighted by molar-refractivity contribution is -0.0498. The van der Waals surface area contributed by atoms with Gasteiger partial charge in [-0.2, -0.15) is 8.78 Å². The smallest absolute Gasteiger partial charge is 0.387 e. The lowest BCUT2D eigenvalue weighted by atomic mass is 10.2. The Morgan fingerprint density at radius 3 is 2.30 bits per heavy atom. The quantitative estimate of drug-likeness (QED) is 0.821. The Hall–Kier alpha value is -2.50. The van der Waals surface area contributed by atoms with Gasteiger partial charge in [0, 0.05) is 17.4 Å². The minimum absolute atomic E-state index is 0.112. The molecule has 0 aliphatic heterocycles. The molecule has 0 bridgehead atoms. The Bertz CT molecular complexity index is 574. The molecular weight excluding hydrogens is 266 g/mol. The summed E-state index contributed by atoms with van der Waals surface area (Å²) in [4.78, 5) is 0. The Kier molecular flexibility index (Phi) is 4.24. The second kappa shape index (κ2) is 6.10. The molecule has 0 atom stereocenters. The molecule has 20 heavy (non-hydrogen) atoms. The highest BCUT2D eigenvalue weighted by atomic mass is 19.3. The molecule has 0 saturated carbocycles. The van der Waals surface area contributed by atoms with Crippen molar-refractivity contribution in [2.24, 2.45) is 0 Å². The first kappa shape index (κ1) is 13.9. The van der Waals surface area contributed by atoms with Crippen molar-refractivity contribution in [2.75, 3.05) is 18.2 Å². The van der Waals surface area contributed by atoms with Gasteiger partial charge < -0.3 is 20.5 Å². The van der Waals surface area contributed by atoms with Crippen LogP contribution < -0.4 is 20.5 Å². The third kappa shape index (κ3) is 3.50. The molecular formula is C14H14F2N2O2. The van der Waals surface area contributed by atoms with Crippen LogP contribution in [-0.2, 0) is 0 Å². The van der Waals surface area contributed by atoms with E-state index in [1.54, 1.807) is 30.3 Å². The van der Waals surface area contributed by atoms with Crippen LogP contribution in [0.25, 0.3) is 0 Å². The molecule has 3 N–H and O–H groups in total. The highest BCUT2D eigenvalue weighted by Gasteiger charge is 2.04. The summed E-state index contributed by atoms with van der Waals surface area (Å²) in [5.41, 5.74) is 7.77. The van der Waals surface area contributed by atoms with Gasteiger partial charge in [0.2, 0.25) is 0 Å². The number of rotatable bonds is 5. The summed E-state index contributed by atoms with van der Waals surface area (Å²) in [6.07, 6.45) is 0. The molecule has 0 aliphatic carbocycles. The SMILES string of the molecule is COc1cc(Nc2ccc(OC(F)F)cc2)ccc1N. The maximum atomic E-state index is 12.0. The molecule has 2 aromatic rings. The van der Waals surface area contributed by atoms with Crippen LogP contribution in [0.5, 0.6) is 11.5 Å². The Morgan fingerprint density at radius 1 is 1.05 bits per heavy atom. The highest BCUT2D eigenvalue weighted by molar-refractivity contribution is 5.67. The predicted molar refractivity (Wildman–Crippen MR) is 73.8 cm³/mol. The van der Waals surface area contributed by atoms with E-state index in [-0.39, 0.29) is 5.75 Å². The monoisotopic (exact) mass is 280 g/mol. The van der Waals surface area contributed by atoms with E-state index in [2.05, 4.69) is 10.1 Å². The van der Waals surface area contributed by atoms with Crippen molar-refractivity contribution in [2.45, 2.75) is 6.61 Å². The number of nitrogen functional groups attached to an aromatic ring is 1. The summed E-state index contributed by atoms with van der Waals surface area (Å²) in [6, 6.07) is 11.5. The number of nitrogens with one attached hydrogen (secondary N) is 1. The molecule has 0 radical (unpaired) electrons. The molecule has 0 aromatic heterocycles. The third-order valence-corrected chi connectivity index (χ3v) is 2.60. The van der Waals surface area contributed by atoms with Crippen molar-refractivity contribution in [3.05, 3.63) is 42.5 Å². The summed E-state index contributed by atoms with van der Waals surface area (Å²) in [6.45, 7) is -2.82. The van der Waals surface area contributed by atoms with E-state index in [1.807, 2.05) is 0 Å². The topological polar surface area (TPSA) is 56.5 Å². The Labute approximate surface area is 115 Å². The molecule has 0 amide bonds. The van der Waals surface area contributed by atoms with Gasteiger partial charge in [0.15, 0.2) is 0 Å². The molecule has 4 nitrogen and oxygen atoms in total. The number of ether oxygens (including phenoxy) is 2.